The molecule has 3 nitrogen and oxygen atoms in total. The van der Waals surface area contributed by atoms with E-state index in [1.165, 1.54) is 0 Å². The van der Waals surface area contributed by atoms with Crippen molar-refractivity contribution in [2.24, 2.45) is 0 Å². The summed E-state index contributed by atoms with van der Waals surface area (Å²) in [6.07, 6.45) is 0.551. The van der Waals surface area contributed by atoms with Crippen LogP contribution in [0.5, 0.6) is 0 Å². The normalized spacial score (nSPS) is 12.1. The highest BCUT2D eigenvalue weighted by Gasteiger charge is 2.21. The summed E-state index contributed by atoms with van der Waals surface area (Å²) in [6, 6.07) is 0. The average molecular weight is 183 g/mol. The zero-order valence-corrected chi connectivity index (χ0v) is 8.72. The number of nitrogens with zero attached hydrogens (tertiary/aromatic N) is 1. The molecular formula is C10H17NO2. The van der Waals surface area contributed by atoms with Crippen LogP contribution in [-0.2, 0) is 11.8 Å². The van der Waals surface area contributed by atoms with E-state index in [-0.39, 0.29) is 12.0 Å². The maximum absolute atomic E-state index is 8.77. The topological polar surface area (TPSA) is 46.3 Å². The molecule has 0 fully saturated rings. The van der Waals surface area contributed by atoms with Gasteiger partial charge in [-0.15, -0.1) is 0 Å². The molecule has 0 aliphatic rings. The van der Waals surface area contributed by atoms with E-state index in [2.05, 4.69) is 25.8 Å². The van der Waals surface area contributed by atoms with E-state index in [9.17, 15) is 0 Å². The highest BCUT2D eigenvalue weighted by Crippen LogP contribution is 2.23. The summed E-state index contributed by atoms with van der Waals surface area (Å²) < 4.78 is 5.55. The van der Waals surface area contributed by atoms with Crippen molar-refractivity contribution in [1.29, 1.82) is 0 Å². The molecule has 74 valence electrons. The molecule has 3 heteroatoms. The first-order valence-electron chi connectivity index (χ1n) is 4.53. The number of aliphatic hydroxyl groups is 1. The van der Waals surface area contributed by atoms with Crippen molar-refractivity contribution in [3.8, 4) is 0 Å². The minimum atomic E-state index is -0.0571. The van der Waals surface area contributed by atoms with E-state index in [0.717, 1.165) is 17.3 Å². The van der Waals surface area contributed by atoms with Gasteiger partial charge in [0.25, 0.3) is 0 Å². The second kappa shape index (κ2) is 3.50. The summed E-state index contributed by atoms with van der Waals surface area (Å²) in [4.78, 5) is 4.32. The van der Waals surface area contributed by atoms with Crippen molar-refractivity contribution in [1.82, 2.24) is 4.98 Å². The molecule has 0 spiro atoms. The Morgan fingerprint density at radius 2 is 2.00 bits per heavy atom. The quantitative estimate of drug-likeness (QED) is 0.760. The fourth-order valence-electron chi connectivity index (χ4n) is 1.08. The summed E-state index contributed by atoms with van der Waals surface area (Å²) in [7, 11) is 0. The predicted molar refractivity (Wildman–Crippen MR) is 50.7 cm³/mol. The van der Waals surface area contributed by atoms with Crippen LogP contribution in [0.1, 0.15) is 38.1 Å². The van der Waals surface area contributed by atoms with Crippen LogP contribution in [0.15, 0.2) is 4.42 Å². The van der Waals surface area contributed by atoms with Crippen LogP contribution >= 0.6 is 0 Å². The van der Waals surface area contributed by atoms with Crippen LogP contribution in [-0.4, -0.2) is 16.7 Å². The molecule has 0 unspecified atom stereocenters. The number of rotatable bonds is 2. The Kier molecular flexibility index (Phi) is 2.76. The number of hydrogen-bond donors (Lipinski definition) is 1. The molecule has 0 radical (unpaired) electrons. The van der Waals surface area contributed by atoms with Gasteiger partial charge < -0.3 is 9.52 Å². The third-order valence-electron chi connectivity index (χ3n) is 1.87. The zero-order chi connectivity index (χ0) is 10.1. The Morgan fingerprint density at radius 1 is 1.38 bits per heavy atom. The van der Waals surface area contributed by atoms with Crippen LogP contribution in [0.4, 0.5) is 0 Å². The number of aromatic nitrogens is 1. The maximum Gasteiger partial charge on any atom is 0.199 e. The van der Waals surface area contributed by atoms with Gasteiger partial charge in [-0.25, -0.2) is 4.98 Å². The number of aliphatic hydroxyl groups excluding tert-OH is 1. The molecule has 1 aromatic heterocycles. The fraction of sp³-hybridized carbons (Fsp3) is 0.700. The summed E-state index contributed by atoms with van der Waals surface area (Å²) >= 11 is 0. The standard InChI is InChI=1S/C10H17NO2/c1-7-8(5-6-12)13-9(11-7)10(2,3)4/h12H,5-6H2,1-4H3. The second-order valence-corrected chi connectivity index (χ2v) is 4.25. The van der Waals surface area contributed by atoms with Gasteiger partial charge in [-0.2, -0.15) is 0 Å². The van der Waals surface area contributed by atoms with Crippen LogP contribution in [0, 0.1) is 6.92 Å². The van der Waals surface area contributed by atoms with E-state index < -0.39 is 0 Å². The number of hydrogen-bond acceptors (Lipinski definition) is 3. The Balaban J connectivity index is 2.95. The van der Waals surface area contributed by atoms with Crippen LogP contribution in [0.3, 0.4) is 0 Å². The lowest BCUT2D eigenvalue weighted by atomic mass is 9.97. The van der Waals surface area contributed by atoms with E-state index in [1.54, 1.807) is 0 Å². The monoisotopic (exact) mass is 183 g/mol. The Labute approximate surface area is 78.8 Å². The van der Waals surface area contributed by atoms with Crippen LogP contribution in [0.2, 0.25) is 0 Å². The predicted octanol–water partition coefficient (Wildman–Crippen LogP) is 1.82. The highest BCUT2D eigenvalue weighted by molar-refractivity contribution is 5.11. The lowest BCUT2D eigenvalue weighted by Crippen LogP contribution is -2.11. The van der Waals surface area contributed by atoms with Gasteiger partial charge in [0, 0.05) is 11.8 Å². The van der Waals surface area contributed by atoms with Gasteiger partial charge in [0.15, 0.2) is 5.89 Å². The van der Waals surface area contributed by atoms with Crippen molar-refractivity contribution in [3.05, 3.63) is 17.3 Å². The van der Waals surface area contributed by atoms with Crippen molar-refractivity contribution in [2.75, 3.05) is 6.61 Å². The smallest absolute Gasteiger partial charge is 0.199 e. The summed E-state index contributed by atoms with van der Waals surface area (Å²) in [5.41, 5.74) is 0.831. The molecule has 1 aromatic rings. The first kappa shape index (κ1) is 10.3. The first-order valence-corrected chi connectivity index (χ1v) is 4.53. The molecule has 0 bridgehead atoms. The fourth-order valence-corrected chi connectivity index (χ4v) is 1.08. The van der Waals surface area contributed by atoms with Gasteiger partial charge in [0.05, 0.1) is 12.3 Å². The van der Waals surface area contributed by atoms with Gasteiger partial charge in [-0.05, 0) is 6.92 Å². The molecule has 1 N–H and O–H groups in total. The Bertz CT molecular complexity index is 284. The third-order valence-corrected chi connectivity index (χ3v) is 1.87. The molecule has 0 aliphatic heterocycles. The van der Waals surface area contributed by atoms with Gasteiger partial charge in [-0.1, -0.05) is 20.8 Å². The van der Waals surface area contributed by atoms with Gasteiger partial charge in [0.2, 0.25) is 0 Å². The van der Waals surface area contributed by atoms with E-state index in [4.69, 9.17) is 9.52 Å². The zero-order valence-electron chi connectivity index (χ0n) is 8.72. The number of oxazole rings is 1. The van der Waals surface area contributed by atoms with Crippen molar-refractivity contribution in [3.63, 3.8) is 0 Å². The molecule has 0 aliphatic carbocycles. The summed E-state index contributed by atoms with van der Waals surface area (Å²) in [5.74, 6) is 1.54. The molecule has 0 aromatic carbocycles. The molecule has 13 heavy (non-hydrogen) atoms. The third kappa shape index (κ3) is 2.31. The SMILES string of the molecule is Cc1nc(C(C)(C)C)oc1CCO. The van der Waals surface area contributed by atoms with Gasteiger partial charge in [-0.3, -0.25) is 0 Å². The molecule has 0 amide bonds. The minimum Gasteiger partial charge on any atom is -0.445 e. The molecular weight excluding hydrogens is 166 g/mol. The second-order valence-electron chi connectivity index (χ2n) is 4.25. The molecule has 0 saturated carbocycles. The molecule has 0 saturated heterocycles. The summed E-state index contributed by atoms with van der Waals surface area (Å²) in [6.45, 7) is 8.19. The molecule has 0 atom stereocenters. The average Bonchev–Trinajstić information content (AvgIpc) is 2.32. The number of aryl methyl sites for hydroxylation is 1. The van der Waals surface area contributed by atoms with Crippen LogP contribution < -0.4 is 0 Å². The lowest BCUT2D eigenvalue weighted by Gasteiger charge is -2.12. The van der Waals surface area contributed by atoms with Crippen molar-refractivity contribution >= 4 is 0 Å². The van der Waals surface area contributed by atoms with Gasteiger partial charge in [0.1, 0.15) is 5.76 Å². The van der Waals surface area contributed by atoms with Crippen molar-refractivity contribution in [2.45, 2.75) is 39.5 Å². The summed E-state index contributed by atoms with van der Waals surface area (Å²) in [5, 5.41) is 8.77. The minimum absolute atomic E-state index is 0.0571. The van der Waals surface area contributed by atoms with E-state index in [1.807, 2.05) is 6.92 Å². The Morgan fingerprint density at radius 3 is 2.38 bits per heavy atom. The maximum atomic E-state index is 8.77. The van der Waals surface area contributed by atoms with Gasteiger partial charge >= 0.3 is 0 Å². The van der Waals surface area contributed by atoms with E-state index in [0.29, 0.717) is 6.42 Å². The molecule has 1 rings (SSSR count). The van der Waals surface area contributed by atoms with Crippen molar-refractivity contribution < 1.29 is 9.52 Å². The lowest BCUT2D eigenvalue weighted by molar-refractivity contribution is 0.280. The largest absolute Gasteiger partial charge is 0.445 e. The van der Waals surface area contributed by atoms with E-state index >= 15 is 0 Å². The van der Waals surface area contributed by atoms with Crippen LogP contribution in [0.25, 0.3) is 0 Å². The first-order chi connectivity index (χ1) is 5.95. The molecule has 1 heterocycles. The highest BCUT2D eigenvalue weighted by atomic mass is 16.4. The Hall–Kier alpha value is -0.830.